The molecular weight excluding hydrogens is 479 g/mol. The molecule has 1 heterocycles. The Kier molecular flexibility index (Phi) is 5.86. The molecule has 2 aromatic rings. The lowest BCUT2D eigenvalue weighted by molar-refractivity contribution is -0.384. The number of nitro benzene ring substituents is 1. The number of nitrogens with zero attached hydrogens (tertiary/aromatic N) is 4. The van der Waals surface area contributed by atoms with E-state index in [9.17, 15) is 27.7 Å². The van der Waals surface area contributed by atoms with Gasteiger partial charge in [0.15, 0.2) is 11.6 Å². The Morgan fingerprint density at radius 3 is 2.76 bits per heavy atom. The fourth-order valence-electron chi connectivity index (χ4n) is 5.18. The number of rotatable bonds is 7. The van der Waals surface area contributed by atoms with E-state index in [2.05, 4.69) is 15.3 Å². The minimum atomic E-state index is -3.87. The summed E-state index contributed by atoms with van der Waals surface area (Å²) in [5, 5.41) is 13.9. The van der Waals surface area contributed by atoms with Gasteiger partial charge in [-0.1, -0.05) is 6.07 Å². The van der Waals surface area contributed by atoms with Crippen LogP contribution in [0.4, 0.5) is 21.6 Å². The molecule has 14 heteroatoms. The summed E-state index contributed by atoms with van der Waals surface area (Å²) in [6, 6.07) is 3.96. The van der Waals surface area contributed by atoms with Gasteiger partial charge in [-0.2, -0.15) is 4.98 Å². The van der Waals surface area contributed by atoms with E-state index >= 15 is 0 Å². The highest BCUT2D eigenvalue weighted by atomic mass is 35.5. The molecular formula is C19H20ClFN6O5S. The molecule has 1 amide bonds. The number of carbonyl (C=O) groups is 1. The maximum Gasteiger partial charge on any atom is 0.271 e. The maximum atomic E-state index is 14.3. The van der Waals surface area contributed by atoms with Crippen LogP contribution in [0.3, 0.4) is 0 Å². The van der Waals surface area contributed by atoms with Gasteiger partial charge in [-0.05, 0) is 36.4 Å². The predicted octanol–water partition coefficient (Wildman–Crippen LogP) is 1.93. The van der Waals surface area contributed by atoms with E-state index in [0.717, 1.165) is 16.8 Å². The van der Waals surface area contributed by atoms with Gasteiger partial charge in [0.25, 0.3) is 5.69 Å². The monoisotopic (exact) mass is 498 g/mol. The second kappa shape index (κ2) is 8.37. The number of fused-ring (bicyclic) bond motifs is 2. The fourth-order valence-corrected chi connectivity index (χ4v) is 6.54. The molecule has 2 aliphatic carbocycles. The zero-order valence-electron chi connectivity index (χ0n) is 17.3. The minimum Gasteiger partial charge on any atom is -0.369 e. The number of halogens is 2. The number of sulfonamides is 1. The first-order valence-electron chi connectivity index (χ1n) is 9.95. The molecule has 0 aliphatic heterocycles. The molecule has 2 aliphatic rings. The third-order valence-electron chi connectivity index (χ3n) is 6.27. The number of anilines is 2. The number of primary amides is 1. The Labute approximate surface area is 193 Å². The number of nitrogens with one attached hydrogen (secondary N) is 1. The van der Waals surface area contributed by atoms with Gasteiger partial charge in [0.05, 0.1) is 35.0 Å². The molecule has 2 saturated carbocycles. The SMILES string of the molecule is CS(=O)(=O)N(c1cccc([N+](=O)[O-])c1)[C@@H]1C[C@@H]2C[C@H]1[C@@H](Nc1nc(Cl)ncc1F)[C@H]2C(N)=O. The number of amides is 1. The standard InChI is InChI=1S/C19H20ClFN6O5S/c1-33(31,32)26(10-3-2-4-11(7-10)27(29)30)14-6-9-5-12(14)16(15(9)17(22)28)24-18-13(21)8-23-19(20)25-18/h2-4,7-9,12,14-16H,5-6H2,1H3,(H2,22,28)(H,23,24,25)/t9-,12+,14+,15-,16+/m0/s1. The maximum absolute atomic E-state index is 14.3. The first-order chi connectivity index (χ1) is 15.5. The average molecular weight is 499 g/mol. The van der Waals surface area contributed by atoms with E-state index in [-0.39, 0.29) is 28.4 Å². The van der Waals surface area contributed by atoms with E-state index in [4.69, 9.17) is 17.3 Å². The average Bonchev–Trinajstić information content (AvgIpc) is 3.28. The largest absolute Gasteiger partial charge is 0.369 e. The molecule has 1 aromatic heterocycles. The lowest BCUT2D eigenvalue weighted by Gasteiger charge is -2.40. The van der Waals surface area contributed by atoms with Crippen molar-refractivity contribution in [2.24, 2.45) is 23.5 Å². The molecule has 0 spiro atoms. The van der Waals surface area contributed by atoms with E-state index in [0.29, 0.717) is 12.8 Å². The van der Waals surface area contributed by atoms with Crippen LogP contribution >= 0.6 is 11.6 Å². The van der Waals surface area contributed by atoms with Gasteiger partial charge in [-0.15, -0.1) is 0 Å². The summed E-state index contributed by atoms with van der Waals surface area (Å²) in [6.07, 6.45) is 2.67. The van der Waals surface area contributed by atoms with Crippen LogP contribution < -0.4 is 15.4 Å². The van der Waals surface area contributed by atoms with Gasteiger partial charge in [0, 0.05) is 24.1 Å². The number of non-ortho nitro benzene ring substituents is 1. The topological polar surface area (TPSA) is 161 Å². The highest BCUT2D eigenvalue weighted by molar-refractivity contribution is 7.92. The number of nitrogens with two attached hydrogens (primary N) is 1. The quantitative estimate of drug-likeness (QED) is 0.332. The van der Waals surface area contributed by atoms with Gasteiger partial charge in [-0.3, -0.25) is 19.2 Å². The number of carbonyl (C=O) groups excluding carboxylic acids is 1. The van der Waals surface area contributed by atoms with Gasteiger partial charge >= 0.3 is 0 Å². The molecule has 2 bridgehead atoms. The molecule has 2 fully saturated rings. The zero-order chi connectivity index (χ0) is 24.1. The summed E-state index contributed by atoms with van der Waals surface area (Å²) in [6.45, 7) is 0. The summed E-state index contributed by atoms with van der Waals surface area (Å²) < 4.78 is 41.0. The number of benzene rings is 1. The third kappa shape index (κ3) is 4.29. The molecule has 0 radical (unpaired) electrons. The van der Waals surface area contributed by atoms with Crippen LogP contribution in [0.25, 0.3) is 0 Å². The Hall–Kier alpha value is -3.06. The van der Waals surface area contributed by atoms with Crippen molar-refractivity contribution in [2.45, 2.75) is 24.9 Å². The fraction of sp³-hybridized carbons (Fsp3) is 0.421. The van der Waals surface area contributed by atoms with Crippen molar-refractivity contribution in [3.8, 4) is 0 Å². The molecule has 33 heavy (non-hydrogen) atoms. The lowest BCUT2D eigenvalue weighted by atomic mass is 9.81. The van der Waals surface area contributed by atoms with Crippen molar-refractivity contribution >= 4 is 44.7 Å². The zero-order valence-corrected chi connectivity index (χ0v) is 18.8. The van der Waals surface area contributed by atoms with Crippen molar-refractivity contribution in [2.75, 3.05) is 15.9 Å². The highest BCUT2D eigenvalue weighted by Gasteiger charge is 2.57. The van der Waals surface area contributed by atoms with Gasteiger partial charge < -0.3 is 11.1 Å². The van der Waals surface area contributed by atoms with Crippen molar-refractivity contribution in [1.29, 1.82) is 0 Å². The molecule has 5 atom stereocenters. The van der Waals surface area contributed by atoms with Crippen molar-refractivity contribution in [3.05, 3.63) is 51.7 Å². The second-order valence-electron chi connectivity index (χ2n) is 8.23. The summed E-state index contributed by atoms with van der Waals surface area (Å²) in [4.78, 5) is 30.2. The van der Waals surface area contributed by atoms with E-state index < -0.39 is 50.6 Å². The smallest absolute Gasteiger partial charge is 0.271 e. The van der Waals surface area contributed by atoms with Crippen molar-refractivity contribution in [1.82, 2.24) is 9.97 Å². The predicted molar refractivity (Wildman–Crippen MR) is 118 cm³/mol. The minimum absolute atomic E-state index is 0.134. The number of aromatic nitrogens is 2. The number of hydrogen-bond donors (Lipinski definition) is 2. The van der Waals surface area contributed by atoms with Crippen molar-refractivity contribution in [3.63, 3.8) is 0 Å². The highest BCUT2D eigenvalue weighted by Crippen LogP contribution is 2.52. The van der Waals surface area contributed by atoms with Crippen LogP contribution in [0.2, 0.25) is 5.28 Å². The van der Waals surface area contributed by atoms with Crippen LogP contribution in [-0.2, 0) is 14.8 Å². The number of nitro groups is 1. The summed E-state index contributed by atoms with van der Waals surface area (Å²) in [7, 11) is -3.87. The van der Waals surface area contributed by atoms with Gasteiger partial charge in [0.1, 0.15) is 0 Å². The number of hydrogen-bond acceptors (Lipinski definition) is 8. The Balaban J connectivity index is 1.74. The van der Waals surface area contributed by atoms with Gasteiger partial charge in [0.2, 0.25) is 21.2 Å². The summed E-state index contributed by atoms with van der Waals surface area (Å²) in [5.41, 5.74) is 5.51. The van der Waals surface area contributed by atoms with Crippen LogP contribution in [0.1, 0.15) is 12.8 Å². The first kappa shape index (κ1) is 23.1. The van der Waals surface area contributed by atoms with Crippen molar-refractivity contribution < 1.29 is 22.5 Å². The first-order valence-corrected chi connectivity index (χ1v) is 12.2. The molecule has 176 valence electrons. The summed E-state index contributed by atoms with van der Waals surface area (Å²) in [5.74, 6) is -3.02. The molecule has 0 unspecified atom stereocenters. The van der Waals surface area contributed by atoms with E-state index in [1.807, 2.05) is 0 Å². The molecule has 3 N–H and O–H groups in total. The lowest BCUT2D eigenvalue weighted by Crippen LogP contribution is -2.53. The van der Waals surface area contributed by atoms with Crippen LogP contribution in [-0.4, -0.2) is 47.6 Å². The molecule has 11 nitrogen and oxygen atoms in total. The molecule has 1 aromatic carbocycles. The van der Waals surface area contributed by atoms with E-state index in [1.54, 1.807) is 0 Å². The van der Waals surface area contributed by atoms with Gasteiger partial charge in [-0.25, -0.2) is 17.8 Å². The van der Waals surface area contributed by atoms with Crippen LogP contribution in [0.5, 0.6) is 0 Å². The summed E-state index contributed by atoms with van der Waals surface area (Å²) >= 11 is 5.78. The molecule has 0 saturated heterocycles. The Morgan fingerprint density at radius 1 is 1.39 bits per heavy atom. The molecule has 4 rings (SSSR count). The Morgan fingerprint density at radius 2 is 2.12 bits per heavy atom. The second-order valence-corrected chi connectivity index (χ2v) is 10.4. The Bertz CT molecular complexity index is 1230. The van der Waals surface area contributed by atoms with Crippen LogP contribution in [0.15, 0.2) is 30.5 Å². The van der Waals surface area contributed by atoms with Crippen LogP contribution in [0, 0.1) is 33.7 Å². The normalized spacial score (nSPS) is 26.2. The third-order valence-corrected chi connectivity index (χ3v) is 7.65. The van der Waals surface area contributed by atoms with E-state index in [1.165, 1.54) is 24.3 Å².